The maximum absolute atomic E-state index is 13.2. The van der Waals surface area contributed by atoms with Crippen LogP contribution in [-0.2, 0) is 0 Å². The Labute approximate surface area is 81.1 Å². The fourth-order valence-electron chi connectivity index (χ4n) is 1.06. The maximum atomic E-state index is 13.2. The molecule has 0 amide bonds. The first-order valence-electron chi connectivity index (χ1n) is 3.91. The first-order chi connectivity index (χ1) is 6.04. The summed E-state index contributed by atoms with van der Waals surface area (Å²) in [6.45, 7) is 1.59. The third-order valence-electron chi connectivity index (χ3n) is 1.79. The van der Waals surface area contributed by atoms with Gasteiger partial charge in [-0.3, -0.25) is 0 Å². The number of hydrogen-bond donors (Lipinski definition) is 2. The molecule has 0 unspecified atom stereocenters. The van der Waals surface area contributed by atoms with Crippen LogP contribution in [0.2, 0.25) is 5.02 Å². The molecule has 0 bridgehead atoms. The van der Waals surface area contributed by atoms with E-state index in [0.717, 1.165) is 0 Å². The highest BCUT2D eigenvalue weighted by molar-refractivity contribution is 6.31. The van der Waals surface area contributed by atoms with E-state index in [0.29, 0.717) is 0 Å². The Bertz CT molecular complexity index is 283. The number of aliphatic hydroxyl groups excluding tert-OH is 1. The Morgan fingerprint density at radius 1 is 1.54 bits per heavy atom. The second-order valence-corrected chi connectivity index (χ2v) is 3.35. The molecule has 1 rings (SSSR count). The van der Waals surface area contributed by atoms with Crippen LogP contribution in [0, 0.1) is 5.82 Å². The number of hydrogen-bond acceptors (Lipinski definition) is 2. The van der Waals surface area contributed by atoms with Crippen molar-refractivity contribution in [3.63, 3.8) is 0 Å². The van der Waals surface area contributed by atoms with Gasteiger partial charge < -0.3 is 10.8 Å². The number of benzene rings is 1. The summed E-state index contributed by atoms with van der Waals surface area (Å²) < 4.78 is 13.2. The fourth-order valence-corrected chi connectivity index (χ4v) is 1.33. The molecule has 4 heteroatoms. The molecule has 0 aromatic heterocycles. The van der Waals surface area contributed by atoms with Crippen molar-refractivity contribution in [2.45, 2.75) is 19.1 Å². The summed E-state index contributed by atoms with van der Waals surface area (Å²) in [5.41, 5.74) is 5.50. The van der Waals surface area contributed by atoms with E-state index in [9.17, 15) is 9.50 Å². The van der Waals surface area contributed by atoms with Gasteiger partial charge in [0.15, 0.2) is 0 Å². The summed E-state index contributed by atoms with van der Waals surface area (Å²) in [7, 11) is 0. The van der Waals surface area contributed by atoms with Gasteiger partial charge in [-0.25, -0.2) is 4.39 Å². The van der Waals surface area contributed by atoms with Gasteiger partial charge in [-0.05, 0) is 19.1 Å². The molecule has 2 atom stereocenters. The summed E-state index contributed by atoms with van der Waals surface area (Å²) in [6, 6.07) is 3.70. The van der Waals surface area contributed by atoms with Crippen molar-refractivity contribution in [2.24, 2.45) is 5.73 Å². The molecule has 0 heterocycles. The van der Waals surface area contributed by atoms with Gasteiger partial charge in [-0.2, -0.15) is 0 Å². The van der Waals surface area contributed by atoms with Gasteiger partial charge in [0, 0.05) is 16.6 Å². The minimum absolute atomic E-state index is 0.0687. The predicted molar refractivity (Wildman–Crippen MR) is 50.0 cm³/mol. The zero-order valence-corrected chi connectivity index (χ0v) is 7.92. The molecule has 0 fully saturated rings. The second-order valence-electron chi connectivity index (χ2n) is 2.94. The van der Waals surface area contributed by atoms with E-state index in [2.05, 4.69) is 0 Å². The first kappa shape index (κ1) is 10.4. The van der Waals surface area contributed by atoms with Crippen LogP contribution in [0.3, 0.4) is 0 Å². The van der Waals surface area contributed by atoms with Gasteiger partial charge in [0.2, 0.25) is 0 Å². The first-order valence-corrected chi connectivity index (χ1v) is 4.29. The van der Waals surface area contributed by atoms with Gasteiger partial charge in [0.25, 0.3) is 0 Å². The molecular weight excluding hydrogens is 193 g/mol. The van der Waals surface area contributed by atoms with Crippen LogP contribution in [0.5, 0.6) is 0 Å². The number of aliphatic hydroxyl groups is 1. The van der Waals surface area contributed by atoms with Gasteiger partial charge in [0.05, 0.1) is 6.10 Å². The minimum atomic E-state index is -1.06. The van der Waals surface area contributed by atoms with Crippen LogP contribution in [0.4, 0.5) is 4.39 Å². The van der Waals surface area contributed by atoms with Gasteiger partial charge in [-0.15, -0.1) is 0 Å². The SMILES string of the molecule is C[C@@H](N)[C@@H](O)c1c(F)cccc1Cl. The van der Waals surface area contributed by atoms with E-state index < -0.39 is 18.0 Å². The van der Waals surface area contributed by atoms with Crippen molar-refractivity contribution in [3.05, 3.63) is 34.6 Å². The van der Waals surface area contributed by atoms with Crippen molar-refractivity contribution in [1.29, 1.82) is 0 Å². The number of halogens is 2. The van der Waals surface area contributed by atoms with Gasteiger partial charge in [0.1, 0.15) is 5.82 Å². The topological polar surface area (TPSA) is 46.2 Å². The Morgan fingerprint density at radius 3 is 2.62 bits per heavy atom. The van der Waals surface area contributed by atoms with Crippen LogP contribution in [0.25, 0.3) is 0 Å². The summed E-state index contributed by atoms with van der Waals surface area (Å²) in [5, 5.41) is 9.71. The van der Waals surface area contributed by atoms with Crippen LogP contribution < -0.4 is 5.73 Å². The average Bonchev–Trinajstić information content (AvgIpc) is 2.03. The highest BCUT2D eigenvalue weighted by atomic mass is 35.5. The summed E-state index contributed by atoms with van der Waals surface area (Å²) in [6.07, 6.45) is -1.06. The van der Waals surface area contributed by atoms with Crippen molar-refractivity contribution < 1.29 is 9.50 Å². The summed E-state index contributed by atoms with van der Waals surface area (Å²) in [5.74, 6) is -0.530. The lowest BCUT2D eigenvalue weighted by molar-refractivity contribution is 0.149. The molecular formula is C9H11ClFNO. The highest BCUT2D eigenvalue weighted by Gasteiger charge is 2.19. The van der Waals surface area contributed by atoms with Crippen molar-refractivity contribution in [1.82, 2.24) is 0 Å². The zero-order valence-electron chi connectivity index (χ0n) is 7.17. The summed E-state index contributed by atoms with van der Waals surface area (Å²) >= 11 is 5.71. The van der Waals surface area contributed by atoms with E-state index in [-0.39, 0.29) is 10.6 Å². The fraction of sp³-hybridized carbons (Fsp3) is 0.333. The van der Waals surface area contributed by atoms with Crippen molar-refractivity contribution in [3.8, 4) is 0 Å². The zero-order chi connectivity index (χ0) is 10.0. The lowest BCUT2D eigenvalue weighted by Gasteiger charge is -2.16. The molecule has 72 valence electrons. The Balaban J connectivity index is 3.12. The molecule has 3 N–H and O–H groups in total. The Morgan fingerprint density at radius 2 is 2.15 bits per heavy atom. The third-order valence-corrected chi connectivity index (χ3v) is 2.12. The smallest absolute Gasteiger partial charge is 0.130 e. The third kappa shape index (κ3) is 2.18. The molecule has 0 saturated heterocycles. The van der Waals surface area contributed by atoms with E-state index in [1.807, 2.05) is 0 Å². The monoisotopic (exact) mass is 203 g/mol. The quantitative estimate of drug-likeness (QED) is 0.771. The standard InChI is InChI=1S/C9H11ClFNO/c1-5(12)9(13)8-6(10)3-2-4-7(8)11/h2-5,9,13H,12H2,1H3/t5-,9-/m1/s1. The van der Waals surface area contributed by atoms with Crippen molar-refractivity contribution >= 4 is 11.6 Å². The van der Waals surface area contributed by atoms with Crippen LogP contribution in [-0.4, -0.2) is 11.1 Å². The molecule has 1 aromatic rings. The molecule has 0 saturated carbocycles. The van der Waals surface area contributed by atoms with Crippen molar-refractivity contribution in [2.75, 3.05) is 0 Å². The Hall–Kier alpha value is -0.640. The lowest BCUT2D eigenvalue weighted by atomic mass is 10.0. The van der Waals surface area contributed by atoms with E-state index in [1.165, 1.54) is 18.2 Å². The average molecular weight is 204 g/mol. The van der Waals surface area contributed by atoms with E-state index in [1.54, 1.807) is 6.92 Å². The highest BCUT2D eigenvalue weighted by Crippen LogP contribution is 2.26. The second kappa shape index (κ2) is 4.05. The van der Waals surface area contributed by atoms with Crippen LogP contribution >= 0.6 is 11.6 Å². The number of nitrogens with two attached hydrogens (primary N) is 1. The van der Waals surface area contributed by atoms with Crippen LogP contribution in [0.15, 0.2) is 18.2 Å². The molecule has 0 radical (unpaired) electrons. The molecule has 0 aliphatic heterocycles. The molecule has 0 spiro atoms. The molecule has 2 nitrogen and oxygen atoms in total. The molecule has 1 aromatic carbocycles. The maximum Gasteiger partial charge on any atom is 0.130 e. The largest absolute Gasteiger partial charge is 0.387 e. The number of rotatable bonds is 2. The van der Waals surface area contributed by atoms with Crippen LogP contribution in [0.1, 0.15) is 18.6 Å². The normalized spacial score (nSPS) is 15.5. The lowest BCUT2D eigenvalue weighted by Crippen LogP contribution is -2.25. The molecule has 0 aliphatic carbocycles. The molecule has 0 aliphatic rings. The minimum Gasteiger partial charge on any atom is -0.387 e. The van der Waals surface area contributed by atoms with E-state index >= 15 is 0 Å². The summed E-state index contributed by atoms with van der Waals surface area (Å²) in [4.78, 5) is 0. The van der Waals surface area contributed by atoms with Gasteiger partial charge >= 0.3 is 0 Å². The molecule has 13 heavy (non-hydrogen) atoms. The Kier molecular flexibility index (Phi) is 3.25. The van der Waals surface area contributed by atoms with E-state index in [4.69, 9.17) is 17.3 Å². The van der Waals surface area contributed by atoms with Gasteiger partial charge in [-0.1, -0.05) is 17.7 Å². The predicted octanol–water partition coefficient (Wildman–Crippen LogP) is 1.86.